The number of nitrogens with one attached hydrogen (secondary N) is 2. The van der Waals surface area contributed by atoms with Crippen LogP contribution in [0.15, 0.2) is 18.2 Å². The van der Waals surface area contributed by atoms with Crippen LogP contribution in [0.4, 0.5) is 5.69 Å². The third-order valence-corrected chi connectivity index (χ3v) is 3.85. The van der Waals surface area contributed by atoms with Crippen LogP contribution >= 0.6 is 11.6 Å². The second kappa shape index (κ2) is 7.31. The molecule has 0 bridgehead atoms. The smallest absolute Gasteiger partial charge is 0.313 e. The maximum Gasteiger partial charge on any atom is 0.313 e. The molecule has 114 valence electrons. The lowest BCUT2D eigenvalue weighted by Crippen LogP contribution is -2.42. The largest absolute Gasteiger partial charge is 0.495 e. The van der Waals surface area contributed by atoms with E-state index in [1.807, 2.05) is 0 Å². The summed E-state index contributed by atoms with van der Waals surface area (Å²) < 4.78 is 5.03. The first-order valence-corrected chi connectivity index (χ1v) is 7.43. The van der Waals surface area contributed by atoms with E-state index < -0.39 is 11.8 Å². The van der Waals surface area contributed by atoms with Crippen molar-refractivity contribution in [3.8, 4) is 5.75 Å². The van der Waals surface area contributed by atoms with Crippen molar-refractivity contribution in [2.24, 2.45) is 0 Å². The molecular weight excluding hydrogens is 292 g/mol. The number of carbonyl (C=O) groups excluding carboxylic acids is 2. The molecule has 1 aliphatic carbocycles. The van der Waals surface area contributed by atoms with Crippen molar-refractivity contribution in [2.45, 2.75) is 38.1 Å². The molecule has 2 rings (SSSR count). The maximum absolute atomic E-state index is 11.9. The Morgan fingerprint density at radius 3 is 2.52 bits per heavy atom. The molecule has 6 heteroatoms. The van der Waals surface area contributed by atoms with Crippen molar-refractivity contribution in [3.63, 3.8) is 0 Å². The zero-order valence-corrected chi connectivity index (χ0v) is 12.7. The SMILES string of the molecule is COc1ccc(NC(=O)C(=O)NC2CCCCC2)cc1Cl. The minimum Gasteiger partial charge on any atom is -0.495 e. The van der Waals surface area contributed by atoms with Gasteiger partial charge >= 0.3 is 11.8 Å². The number of hydrogen-bond donors (Lipinski definition) is 2. The number of carbonyl (C=O) groups is 2. The monoisotopic (exact) mass is 310 g/mol. The highest BCUT2D eigenvalue weighted by Crippen LogP contribution is 2.27. The van der Waals surface area contributed by atoms with Gasteiger partial charge in [0.2, 0.25) is 0 Å². The van der Waals surface area contributed by atoms with Crippen LogP contribution in [-0.4, -0.2) is 25.0 Å². The fourth-order valence-electron chi connectivity index (χ4n) is 2.43. The Morgan fingerprint density at radius 1 is 1.19 bits per heavy atom. The van der Waals surface area contributed by atoms with Gasteiger partial charge in [-0.3, -0.25) is 9.59 Å². The number of halogens is 1. The van der Waals surface area contributed by atoms with Crippen molar-refractivity contribution in [1.82, 2.24) is 5.32 Å². The van der Waals surface area contributed by atoms with Crippen LogP contribution < -0.4 is 15.4 Å². The molecule has 0 radical (unpaired) electrons. The average Bonchev–Trinajstić information content (AvgIpc) is 2.48. The summed E-state index contributed by atoms with van der Waals surface area (Å²) in [6, 6.07) is 4.93. The highest BCUT2D eigenvalue weighted by molar-refractivity contribution is 6.40. The second-order valence-electron chi connectivity index (χ2n) is 5.11. The van der Waals surface area contributed by atoms with Crippen LogP contribution in [0.1, 0.15) is 32.1 Å². The van der Waals surface area contributed by atoms with Crippen LogP contribution in [0, 0.1) is 0 Å². The van der Waals surface area contributed by atoms with E-state index in [0.29, 0.717) is 16.5 Å². The van der Waals surface area contributed by atoms with Crippen LogP contribution in [0.25, 0.3) is 0 Å². The first-order chi connectivity index (χ1) is 10.1. The first kappa shape index (κ1) is 15.6. The van der Waals surface area contributed by atoms with Gasteiger partial charge in [-0.25, -0.2) is 0 Å². The lowest BCUT2D eigenvalue weighted by atomic mass is 9.95. The summed E-state index contributed by atoms with van der Waals surface area (Å²) in [5.41, 5.74) is 0.463. The van der Waals surface area contributed by atoms with Crippen LogP contribution in [0.3, 0.4) is 0 Å². The number of benzene rings is 1. The van der Waals surface area contributed by atoms with Gasteiger partial charge in [0.1, 0.15) is 5.75 Å². The molecule has 1 aromatic rings. The number of anilines is 1. The molecule has 2 N–H and O–H groups in total. The van der Waals surface area contributed by atoms with E-state index in [4.69, 9.17) is 16.3 Å². The molecule has 2 amide bonds. The van der Waals surface area contributed by atoms with Gasteiger partial charge in [-0.15, -0.1) is 0 Å². The third kappa shape index (κ3) is 4.36. The molecule has 0 unspecified atom stereocenters. The molecule has 1 aliphatic rings. The molecule has 0 aliphatic heterocycles. The Balaban J connectivity index is 1.90. The topological polar surface area (TPSA) is 67.4 Å². The van der Waals surface area contributed by atoms with Crippen LogP contribution in [-0.2, 0) is 9.59 Å². The van der Waals surface area contributed by atoms with Crippen molar-refractivity contribution >= 4 is 29.1 Å². The normalized spacial score (nSPS) is 15.3. The van der Waals surface area contributed by atoms with E-state index in [2.05, 4.69) is 10.6 Å². The minimum absolute atomic E-state index is 0.108. The molecule has 1 aromatic carbocycles. The summed E-state index contributed by atoms with van der Waals surface area (Å²) in [6.45, 7) is 0. The summed E-state index contributed by atoms with van der Waals surface area (Å²) in [5, 5.41) is 5.68. The Labute approximate surface area is 129 Å². The molecule has 5 nitrogen and oxygen atoms in total. The molecule has 1 saturated carbocycles. The summed E-state index contributed by atoms with van der Waals surface area (Å²) in [5.74, 6) is -0.767. The Hall–Kier alpha value is -1.75. The van der Waals surface area contributed by atoms with Gasteiger partial charge < -0.3 is 15.4 Å². The second-order valence-corrected chi connectivity index (χ2v) is 5.52. The van der Waals surface area contributed by atoms with Crippen molar-refractivity contribution < 1.29 is 14.3 Å². The first-order valence-electron chi connectivity index (χ1n) is 7.05. The summed E-state index contributed by atoms with van der Waals surface area (Å²) >= 11 is 5.97. The third-order valence-electron chi connectivity index (χ3n) is 3.56. The quantitative estimate of drug-likeness (QED) is 0.844. The molecular formula is C15H19ClN2O3. The van der Waals surface area contributed by atoms with Gasteiger partial charge in [0.25, 0.3) is 0 Å². The molecule has 0 heterocycles. The standard InChI is InChI=1S/C15H19ClN2O3/c1-21-13-8-7-11(9-12(13)16)18-15(20)14(19)17-10-5-3-2-4-6-10/h7-10H,2-6H2,1H3,(H,17,19)(H,18,20). The molecule has 0 atom stereocenters. The van der Waals surface area contributed by atoms with Gasteiger partial charge in [0.05, 0.1) is 12.1 Å². The summed E-state index contributed by atoms with van der Waals surface area (Å²) in [6.07, 6.45) is 5.27. The lowest BCUT2D eigenvalue weighted by Gasteiger charge is -2.22. The maximum atomic E-state index is 11.9. The van der Waals surface area contributed by atoms with Gasteiger partial charge in [-0.2, -0.15) is 0 Å². The zero-order valence-electron chi connectivity index (χ0n) is 11.9. The highest BCUT2D eigenvalue weighted by Gasteiger charge is 2.20. The molecule has 0 saturated heterocycles. The lowest BCUT2D eigenvalue weighted by molar-refractivity contribution is -0.136. The Morgan fingerprint density at radius 2 is 1.90 bits per heavy atom. The van der Waals surface area contributed by atoms with Gasteiger partial charge in [-0.1, -0.05) is 30.9 Å². The summed E-state index contributed by atoms with van der Waals surface area (Å²) in [4.78, 5) is 23.7. The van der Waals surface area contributed by atoms with E-state index in [1.165, 1.54) is 13.5 Å². The fourth-order valence-corrected chi connectivity index (χ4v) is 2.69. The van der Waals surface area contributed by atoms with E-state index >= 15 is 0 Å². The summed E-state index contributed by atoms with van der Waals surface area (Å²) in [7, 11) is 1.51. The molecule has 21 heavy (non-hydrogen) atoms. The van der Waals surface area contributed by atoms with E-state index in [1.54, 1.807) is 18.2 Å². The van der Waals surface area contributed by atoms with Gasteiger partial charge in [0.15, 0.2) is 0 Å². The molecule has 0 spiro atoms. The zero-order chi connectivity index (χ0) is 15.2. The van der Waals surface area contributed by atoms with E-state index in [0.717, 1.165) is 25.7 Å². The Kier molecular flexibility index (Phi) is 5.44. The van der Waals surface area contributed by atoms with E-state index in [9.17, 15) is 9.59 Å². The van der Waals surface area contributed by atoms with Crippen molar-refractivity contribution in [2.75, 3.05) is 12.4 Å². The van der Waals surface area contributed by atoms with Crippen LogP contribution in [0.5, 0.6) is 5.75 Å². The molecule has 0 aromatic heterocycles. The number of hydrogen-bond acceptors (Lipinski definition) is 3. The number of rotatable bonds is 3. The number of methoxy groups -OCH3 is 1. The average molecular weight is 311 g/mol. The van der Waals surface area contributed by atoms with E-state index in [-0.39, 0.29) is 6.04 Å². The predicted molar refractivity (Wildman–Crippen MR) is 81.6 cm³/mol. The van der Waals surface area contributed by atoms with Gasteiger partial charge in [0, 0.05) is 11.7 Å². The molecule has 1 fully saturated rings. The van der Waals surface area contributed by atoms with Crippen LogP contribution in [0.2, 0.25) is 5.02 Å². The van der Waals surface area contributed by atoms with Crippen molar-refractivity contribution in [1.29, 1.82) is 0 Å². The Bertz CT molecular complexity index is 528. The highest BCUT2D eigenvalue weighted by atomic mass is 35.5. The van der Waals surface area contributed by atoms with Gasteiger partial charge in [-0.05, 0) is 31.0 Å². The number of ether oxygens (including phenoxy) is 1. The fraction of sp³-hybridized carbons (Fsp3) is 0.467. The predicted octanol–water partition coefficient (Wildman–Crippen LogP) is 2.74. The minimum atomic E-state index is -0.679. The van der Waals surface area contributed by atoms with Crippen molar-refractivity contribution in [3.05, 3.63) is 23.2 Å². The number of amides is 2.